The second kappa shape index (κ2) is 5.79. The van der Waals surface area contributed by atoms with E-state index in [0.717, 1.165) is 48.1 Å². The van der Waals surface area contributed by atoms with Gasteiger partial charge in [-0.3, -0.25) is 0 Å². The molecule has 0 saturated heterocycles. The van der Waals surface area contributed by atoms with Crippen LogP contribution in [-0.2, 0) is 13.5 Å². The first-order chi connectivity index (χ1) is 10.5. The largest absolute Gasteiger partial charge is 0.359 e. The van der Waals surface area contributed by atoms with Crippen LogP contribution in [0.2, 0.25) is 0 Å². The molecule has 3 heterocycles. The van der Waals surface area contributed by atoms with E-state index in [-0.39, 0.29) is 0 Å². The summed E-state index contributed by atoms with van der Waals surface area (Å²) >= 11 is 0. The molecule has 22 heavy (non-hydrogen) atoms. The van der Waals surface area contributed by atoms with Crippen LogP contribution in [0.4, 0.5) is 5.82 Å². The summed E-state index contributed by atoms with van der Waals surface area (Å²) in [6.07, 6.45) is 5.85. The number of hydrogen-bond acceptors (Lipinski definition) is 4. The zero-order valence-electron chi connectivity index (χ0n) is 13.6. The highest BCUT2D eigenvalue weighted by molar-refractivity contribution is 5.51. The Balaban J connectivity index is 1.74. The minimum Gasteiger partial charge on any atom is -0.359 e. The van der Waals surface area contributed by atoms with Crippen molar-refractivity contribution in [3.05, 3.63) is 41.7 Å². The predicted molar refractivity (Wildman–Crippen MR) is 87.3 cm³/mol. The Morgan fingerprint density at radius 1 is 1.18 bits per heavy atom. The molecule has 116 valence electrons. The number of fused-ring (bicyclic) bond motifs is 1. The first-order valence-corrected chi connectivity index (χ1v) is 7.56. The zero-order chi connectivity index (χ0) is 15.7. The molecule has 0 saturated carbocycles. The summed E-state index contributed by atoms with van der Waals surface area (Å²) < 4.78 is 3.99. The van der Waals surface area contributed by atoms with Crippen molar-refractivity contribution in [2.75, 3.05) is 18.5 Å². The Labute approximate surface area is 130 Å². The molecular weight excluding hydrogens is 276 g/mol. The molecule has 0 aromatic carbocycles. The van der Waals surface area contributed by atoms with Crippen molar-refractivity contribution in [3.8, 4) is 0 Å². The molecular formula is C16H22N6. The zero-order valence-corrected chi connectivity index (χ0v) is 13.6. The van der Waals surface area contributed by atoms with Crippen molar-refractivity contribution >= 4 is 11.5 Å². The van der Waals surface area contributed by atoms with Gasteiger partial charge in [0, 0.05) is 57.3 Å². The third-order valence-electron chi connectivity index (χ3n) is 3.86. The van der Waals surface area contributed by atoms with Gasteiger partial charge in [0.2, 0.25) is 0 Å². The number of aromatic nitrogens is 5. The number of aryl methyl sites for hydroxylation is 4. The fraction of sp³-hybridized carbons (Fsp3) is 0.438. The number of anilines is 1. The van der Waals surface area contributed by atoms with E-state index in [0.29, 0.717) is 0 Å². The molecule has 0 atom stereocenters. The summed E-state index contributed by atoms with van der Waals surface area (Å²) in [4.78, 5) is 11.1. The van der Waals surface area contributed by atoms with Crippen LogP contribution in [0, 0.1) is 13.8 Å². The van der Waals surface area contributed by atoms with E-state index in [4.69, 9.17) is 0 Å². The predicted octanol–water partition coefficient (Wildman–Crippen LogP) is 2.15. The second-order valence-electron chi connectivity index (χ2n) is 5.79. The molecule has 0 bridgehead atoms. The lowest BCUT2D eigenvalue weighted by Crippen LogP contribution is -2.22. The molecule has 0 aliphatic carbocycles. The Morgan fingerprint density at radius 3 is 2.73 bits per heavy atom. The molecule has 0 spiro atoms. The topological polar surface area (TPSA) is 51.2 Å². The van der Waals surface area contributed by atoms with E-state index in [1.165, 1.54) is 0 Å². The van der Waals surface area contributed by atoms with E-state index in [1.54, 1.807) is 0 Å². The summed E-state index contributed by atoms with van der Waals surface area (Å²) in [7, 11) is 4.14. The van der Waals surface area contributed by atoms with Gasteiger partial charge in [-0.25, -0.2) is 9.97 Å². The Kier molecular flexibility index (Phi) is 3.83. The van der Waals surface area contributed by atoms with Crippen molar-refractivity contribution in [2.24, 2.45) is 7.05 Å². The van der Waals surface area contributed by atoms with Crippen molar-refractivity contribution in [1.82, 2.24) is 24.1 Å². The van der Waals surface area contributed by atoms with Gasteiger partial charge in [0.15, 0.2) is 5.65 Å². The molecule has 0 radical (unpaired) electrons. The number of hydrogen-bond donors (Lipinski definition) is 0. The van der Waals surface area contributed by atoms with Gasteiger partial charge >= 0.3 is 0 Å². The summed E-state index contributed by atoms with van der Waals surface area (Å²) in [5.41, 5.74) is 2.91. The van der Waals surface area contributed by atoms with Crippen molar-refractivity contribution < 1.29 is 0 Å². The van der Waals surface area contributed by atoms with Crippen LogP contribution in [-0.4, -0.2) is 37.7 Å². The number of nitrogens with zero attached hydrogens (tertiary/aromatic N) is 6. The van der Waals surface area contributed by atoms with Crippen LogP contribution in [0.25, 0.3) is 5.65 Å². The summed E-state index contributed by atoms with van der Waals surface area (Å²) in [5, 5.41) is 4.54. The van der Waals surface area contributed by atoms with Gasteiger partial charge < -0.3 is 9.47 Å². The molecule has 3 aromatic heterocycles. The maximum atomic E-state index is 4.54. The molecule has 0 unspecified atom stereocenters. The quantitative estimate of drug-likeness (QED) is 0.724. The highest BCUT2D eigenvalue weighted by Crippen LogP contribution is 2.17. The van der Waals surface area contributed by atoms with Gasteiger partial charge in [0.1, 0.15) is 11.6 Å². The minimum absolute atomic E-state index is 0.906. The van der Waals surface area contributed by atoms with E-state index in [1.807, 2.05) is 43.9 Å². The molecule has 6 nitrogen and oxygen atoms in total. The van der Waals surface area contributed by atoms with Crippen LogP contribution in [0.3, 0.4) is 0 Å². The van der Waals surface area contributed by atoms with Gasteiger partial charge in [-0.2, -0.15) is 9.61 Å². The van der Waals surface area contributed by atoms with Crippen molar-refractivity contribution in [3.63, 3.8) is 0 Å². The monoisotopic (exact) mass is 298 g/mol. The molecule has 0 aliphatic heterocycles. The van der Waals surface area contributed by atoms with Gasteiger partial charge in [-0.05, 0) is 20.3 Å². The van der Waals surface area contributed by atoms with Gasteiger partial charge in [0.05, 0.1) is 5.69 Å². The normalized spacial score (nSPS) is 11.3. The SMILES string of the molecule is Cc1cc(N(C)CCCc2nccn2C)n2nc(C)cc2n1. The lowest BCUT2D eigenvalue weighted by Gasteiger charge is -2.20. The van der Waals surface area contributed by atoms with Crippen LogP contribution < -0.4 is 4.90 Å². The highest BCUT2D eigenvalue weighted by Gasteiger charge is 2.10. The molecule has 0 amide bonds. The number of rotatable bonds is 5. The summed E-state index contributed by atoms with van der Waals surface area (Å²) in [5.74, 6) is 2.20. The van der Waals surface area contributed by atoms with Crippen LogP contribution >= 0.6 is 0 Å². The Hall–Kier alpha value is -2.37. The van der Waals surface area contributed by atoms with Crippen LogP contribution in [0.5, 0.6) is 0 Å². The average Bonchev–Trinajstić information content (AvgIpc) is 3.03. The van der Waals surface area contributed by atoms with E-state index >= 15 is 0 Å². The first kappa shape index (κ1) is 14.6. The standard InChI is InChI=1S/C16H22N6/c1-12-11-16(22-15(18-12)10-13(2)19-22)21(4)8-5-6-14-17-7-9-20(14)3/h7,9-11H,5-6,8H2,1-4H3. The van der Waals surface area contributed by atoms with Gasteiger partial charge in [-0.1, -0.05) is 0 Å². The lowest BCUT2D eigenvalue weighted by molar-refractivity contribution is 0.703. The first-order valence-electron chi connectivity index (χ1n) is 7.56. The molecule has 6 heteroatoms. The van der Waals surface area contributed by atoms with Crippen molar-refractivity contribution in [2.45, 2.75) is 26.7 Å². The smallest absolute Gasteiger partial charge is 0.157 e. The Morgan fingerprint density at radius 2 is 2.00 bits per heavy atom. The number of imidazole rings is 1. The fourth-order valence-electron chi connectivity index (χ4n) is 2.69. The fourth-order valence-corrected chi connectivity index (χ4v) is 2.69. The van der Waals surface area contributed by atoms with E-state index in [2.05, 4.69) is 37.6 Å². The molecule has 0 fully saturated rings. The van der Waals surface area contributed by atoms with Crippen LogP contribution in [0.15, 0.2) is 24.5 Å². The van der Waals surface area contributed by atoms with Gasteiger partial charge in [-0.15, -0.1) is 0 Å². The summed E-state index contributed by atoms with van der Waals surface area (Å²) in [6.45, 7) is 4.97. The minimum atomic E-state index is 0.906. The lowest BCUT2D eigenvalue weighted by atomic mass is 10.2. The van der Waals surface area contributed by atoms with Gasteiger partial charge in [0.25, 0.3) is 0 Å². The maximum absolute atomic E-state index is 4.54. The van der Waals surface area contributed by atoms with Crippen LogP contribution in [0.1, 0.15) is 23.6 Å². The third-order valence-corrected chi connectivity index (χ3v) is 3.86. The van der Waals surface area contributed by atoms with E-state index in [9.17, 15) is 0 Å². The molecule has 3 aromatic rings. The second-order valence-corrected chi connectivity index (χ2v) is 5.79. The summed E-state index contributed by atoms with van der Waals surface area (Å²) in [6, 6.07) is 4.10. The molecule has 0 N–H and O–H groups in total. The molecule has 0 aliphatic rings. The highest BCUT2D eigenvalue weighted by atomic mass is 15.3. The molecule has 3 rings (SSSR count). The third kappa shape index (κ3) is 2.81. The average molecular weight is 298 g/mol. The Bertz CT molecular complexity index is 785. The maximum Gasteiger partial charge on any atom is 0.157 e. The van der Waals surface area contributed by atoms with E-state index < -0.39 is 0 Å². The van der Waals surface area contributed by atoms with Crippen molar-refractivity contribution in [1.29, 1.82) is 0 Å².